The van der Waals surface area contributed by atoms with Crippen LogP contribution in [0.15, 0.2) is 0 Å². The predicted molar refractivity (Wildman–Crippen MR) is 61.2 cm³/mol. The van der Waals surface area contributed by atoms with Gasteiger partial charge >= 0.3 is 12.0 Å². The molecule has 16 heavy (non-hydrogen) atoms. The molecule has 0 aromatic carbocycles. The van der Waals surface area contributed by atoms with Crippen LogP contribution in [-0.4, -0.2) is 52.9 Å². The monoisotopic (exact) mass is 246 g/mol. The van der Waals surface area contributed by atoms with E-state index in [-0.39, 0.29) is 0 Å². The standard InChI is InChI=1S/C9H14N2O4S/c1-2-4-16-5-3-10-9(15)11-7(6-12)8(13)14/h1,7,12H,3-6H2,(H,13,14)(H2,10,11,15). The van der Waals surface area contributed by atoms with Gasteiger partial charge in [0.2, 0.25) is 0 Å². The molecule has 0 rings (SSSR count). The highest BCUT2D eigenvalue weighted by Gasteiger charge is 2.17. The molecule has 0 aromatic heterocycles. The van der Waals surface area contributed by atoms with Gasteiger partial charge in [0.15, 0.2) is 6.04 Å². The van der Waals surface area contributed by atoms with Crippen LogP contribution < -0.4 is 10.6 Å². The Balaban J connectivity index is 3.65. The second-order valence-electron chi connectivity index (χ2n) is 2.73. The zero-order chi connectivity index (χ0) is 12.4. The maximum atomic E-state index is 11.1. The SMILES string of the molecule is C#CCSCCNC(=O)NC(CO)C(=O)O. The van der Waals surface area contributed by atoms with Crippen molar-refractivity contribution in [1.29, 1.82) is 0 Å². The summed E-state index contributed by atoms with van der Waals surface area (Å²) in [4.78, 5) is 21.6. The molecule has 2 amide bonds. The summed E-state index contributed by atoms with van der Waals surface area (Å²) in [5.74, 6) is 2.37. The molecule has 1 unspecified atom stereocenters. The van der Waals surface area contributed by atoms with E-state index in [1.54, 1.807) is 0 Å². The number of aliphatic hydroxyl groups excluding tert-OH is 1. The van der Waals surface area contributed by atoms with Crippen LogP contribution >= 0.6 is 11.8 Å². The molecule has 0 bridgehead atoms. The molecule has 7 heteroatoms. The van der Waals surface area contributed by atoms with Gasteiger partial charge < -0.3 is 20.8 Å². The number of amides is 2. The van der Waals surface area contributed by atoms with Gasteiger partial charge in [-0.15, -0.1) is 18.2 Å². The van der Waals surface area contributed by atoms with Crippen LogP contribution in [0.2, 0.25) is 0 Å². The summed E-state index contributed by atoms with van der Waals surface area (Å²) in [6, 6.07) is -1.90. The predicted octanol–water partition coefficient (Wildman–Crippen LogP) is -0.902. The highest BCUT2D eigenvalue weighted by molar-refractivity contribution is 7.99. The zero-order valence-electron chi connectivity index (χ0n) is 8.60. The van der Waals surface area contributed by atoms with Gasteiger partial charge in [-0.05, 0) is 0 Å². The van der Waals surface area contributed by atoms with E-state index in [1.807, 2.05) is 0 Å². The molecular formula is C9H14N2O4S. The van der Waals surface area contributed by atoms with Crippen molar-refractivity contribution >= 4 is 23.8 Å². The highest BCUT2D eigenvalue weighted by atomic mass is 32.2. The third-order valence-electron chi connectivity index (χ3n) is 1.50. The molecule has 0 aromatic rings. The fourth-order valence-corrected chi connectivity index (χ4v) is 1.27. The first-order valence-corrected chi connectivity index (χ1v) is 5.66. The number of hydrogen-bond acceptors (Lipinski definition) is 4. The summed E-state index contributed by atoms with van der Waals surface area (Å²) < 4.78 is 0. The Morgan fingerprint density at radius 2 is 2.19 bits per heavy atom. The van der Waals surface area contributed by atoms with Crippen molar-refractivity contribution < 1.29 is 19.8 Å². The van der Waals surface area contributed by atoms with E-state index >= 15 is 0 Å². The zero-order valence-corrected chi connectivity index (χ0v) is 9.42. The topological polar surface area (TPSA) is 98.7 Å². The molecule has 90 valence electrons. The van der Waals surface area contributed by atoms with Crippen LogP contribution in [0.1, 0.15) is 0 Å². The molecule has 0 aliphatic heterocycles. The van der Waals surface area contributed by atoms with E-state index in [0.29, 0.717) is 18.1 Å². The number of rotatable bonds is 7. The minimum Gasteiger partial charge on any atom is -0.480 e. The summed E-state index contributed by atoms with van der Waals surface area (Å²) in [7, 11) is 0. The van der Waals surface area contributed by atoms with Gasteiger partial charge in [-0.3, -0.25) is 0 Å². The van der Waals surface area contributed by atoms with Crippen LogP contribution in [0.4, 0.5) is 4.79 Å². The van der Waals surface area contributed by atoms with Crippen molar-refractivity contribution in [3.63, 3.8) is 0 Å². The van der Waals surface area contributed by atoms with Gasteiger partial charge in [-0.1, -0.05) is 5.92 Å². The Bertz CT molecular complexity index is 277. The third kappa shape index (κ3) is 6.98. The van der Waals surface area contributed by atoms with Gasteiger partial charge in [0.1, 0.15) is 0 Å². The van der Waals surface area contributed by atoms with Crippen molar-refractivity contribution in [3.05, 3.63) is 0 Å². The number of urea groups is 1. The highest BCUT2D eigenvalue weighted by Crippen LogP contribution is 1.95. The Morgan fingerprint density at radius 1 is 1.50 bits per heavy atom. The van der Waals surface area contributed by atoms with Crippen molar-refractivity contribution in [3.8, 4) is 12.3 Å². The Labute approximate surface area is 97.8 Å². The Hall–Kier alpha value is -1.39. The molecular weight excluding hydrogens is 232 g/mol. The summed E-state index contributed by atoms with van der Waals surface area (Å²) in [6.45, 7) is -0.259. The van der Waals surface area contributed by atoms with E-state index in [2.05, 4.69) is 16.6 Å². The molecule has 0 fully saturated rings. The molecule has 4 N–H and O–H groups in total. The van der Waals surface area contributed by atoms with E-state index in [9.17, 15) is 9.59 Å². The van der Waals surface area contributed by atoms with Crippen molar-refractivity contribution in [2.45, 2.75) is 6.04 Å². The minimum atomic E-state index is -1.28. The normalized spacial score (nSPS) is 11.2. The second kappa shape index (κ2) is 8.88. The summed E-state index contributed by atoms with van der Waals surface area (Å²) >= 11 is 1.48. The summed E-state index contributed by atoms with van der Waals surface area (Å²) in [6.07, 6.45) is 5.02. The molecule has 6 nitrogen and oxygen atoms in total. The van der Waals surface area contributed by atoms with Gasteiger partial charge in [0, 0.05) is 12.3 Å². The fraction of sp³-hybridized carbons (Fsp3) is 0.556. The van der Waals surface area contributed by atoms with E-state index in [1.165, 1.54) is 11.8 Å². The quantitative estimate of drug-likeness (QED) is 0.344. The maximum absolute atomic E-state index is 11.1. The first kappa shape index (κ1) is 14.6. The van der Waals surface area contributed by atoms with Gasteiger partial charge in [0.25, 0.3) is 0 Å². The minimum absolute atomic E-state index is 0.385. The van der Waals surface area contributed by atoms with Crippen LogP contribution in [0, 0.1) is 12.3 Å². The largest absolute Gasteiger partial charge is 0.480 e. The molecule has 0 aliphatic rings. The fourth-order valence-electron chi connectivity index (χ4n) is 0.763. The number of nitrogens with one attached hydrogen (secondary N) is 2. The molecule has 0 aliphatic carbocycles. The number of carbonyl (C=O) groups excluding carboxylic acids is 1. The maximum Gasteiger partial charge on any atom is 0.328 e. The number of thioether (sulfide) groups is 1. The van der Waals surface area contributed by atoms with Gasteiger partial charge in [-0.25, -0.2) is 9.59 Å². The van der Waals surface area contributed by atoms with E-state index < -0.39 is 24.6 Å². The number of carboxylic acid groups (broad SMARTS) is 1. The smallest absolute Gasteiger partial charge is 0.328 e. The van der Waals surface area contributed by atoms with Crippen LogP contribution in [-0.2, 0) is 4.79 Å². The Morgan fingerprint density at radius 3 is 2.69 bits per heavy atom. The number of aliphatic carboxylic acids is 1. The van der Waals surface area contributed by atoms with Gasteiger partial charge in [0.05, 0.1) is 12.4 Å². The molecule has 1 atom stereocenters. The van der Waals surface area contributed by atoms with Gasteiger partial charge in [-0.2, -0.15) is 0 Å². The molecule has 0 saturated heterocycles. The van der Waals surface area contributed by atoms with E-state index in [0.717, 1.165) is 0 Å². The van der Waals surface area contributed by atoms with Crippen LogP contribution in [0.25, 0.3) is 0 Å². The molecule has 0 spiro atoms. The summed E-state index contributed by atoms with van der Waals surface area (Å²) in [5.41, 5.74) is 0. The van der Waals surface area contributed by atoms with Crippen LogP contribution in [0.3, 0.4) is 0 Å². The first-order valence-electron chi connectivity index (χ1n) is 4.51. The first-order chi connectivity index (χ1) is 7.61. The number of aliphatic hydroxyl groups is 1. The Kier molecular flexibility index (Phi) is 8.11. The molecule has 0 radical (unpaired) electrons. The molecule has 0 heterocycles. The second-order valence-corrected chi connectivity index (χ2v) is 3.84. The van der Waals surface area contributed by atoms with E-state index in [4.69, 9.17) is 16.6 Å². The van der Waals surface area contributed by atoms with Crippen molar-refractivity contribution in [2.24, 2.45) is 0 Å². The lowest BCUT2D eigenvalue weighted by atomic mass is 10.3. The average Bonchev–Trinajstić information content (AvgIpc) is 2.25. The van der Waals surface area contributed by atoms with Crippen molar-refractivity contribution in [1.82, 2.24) is 10.6 Å². The lowest BCUT2D eigenvalue weighted by Crippen LogP contribution is -2.48. The van der Waals surface area contributed by atoms with Crippen molar-refractivity contribution in [2.75, 3.05) is 24.7 Å². The lowest BCUT2D eigenvalue weighted by Gasteiger charge is -2.12. The average molecular weight is 246 g/mol. The lowest BCUT2D eigenvalue weighted by molar-refractivity contribution is -0.140. The third-order valence-corrected chi connectivity index (χ3v) is 2.37. The number of terminal acetylenes is 1. The van der Waals surface area contributed by atoms with Crippen LogP contribution in [0.5, 0.6) is 0 Å². The number of carboxylic acids is 1. The molecule has 0 saturated carbocycles. The summed E-state index contributed by atoms with van der Waals surface area (Å²) in [5, 5.41) is 21.7. The number of carbonyl (C=O) groups is 2. The number of hydrogen-bond donors (Lipinski definition) is 4.